The summed E-state index contributed by atoms with van der Waals surface area (Å²) in [7, 11) is 0. The van der Waals surface area contributed by atoms with Gasteiger partial charge in [0.05, 0.1) is 17.8 Å². The van der Waals surface area contributed by atoms with Crippen LogP contribution in [-0.4, -0.2) is 11.6 Å². The van der Waals surface area contributed by atoms with Gasteiger partial charge in [-0.1, -0.05) is 0 Å². The summed E-state index contributed by atoms with van der Waals surface area (Å²) >= 11 is 1.55. The molecule has 1 aromatic heterocycles. The van der Waals surface area contributed by atoms with Gasteiger partial charge in [-0.3, -0.25) is 0 Å². The van der Waals surface area contributed by atoms with Crippen molar-refractivity contribution in [3.8, 4) is 0 Å². The Labute approximate surface area is 74.9 Å². The first-order chi connectivity index (χ1) is 5.88. The number of nitrogens with zero attached hydrogens (tertiary/aromatic N) is 1. The van der Waals surface area contributed by atoms with Crippen LogP contribution in [0.25, 0.3) is 0 Å². The summed E-state index contributed by atoms with van der Waals surface area (Å²) in [5, 5.41) is 1.95. The van der Waals surface area contributed by atoms with Crippen molar-refractivity contribution in [3.63, 3.8) is 0 Å². The molecule has 3 nitrogen and oxygen atoms in total. The molecule has 12 heavy (non-hydrogen) atoms. The van der Waals surface area contributed by atoms with Crippen LogP contribution in [-0.2, 0) is 4.74 Å². The van der Waals surface area contributed by atoms with Gasteiger partial charge in [-0.15, -0.1) is 11.3 Å². The molecule has 2 N–H and O–H groups in total. The zero-order valence-electron chi connectivity index (χ0n) is 6.56. The van der Waals surface area contributed by atoms with Gasteiger partial charge in [0.2, 0.25) is 0 Å². The topological polar surface area (TPSA) is 48.1 Å². The fourth-order valence-corrected chi connectivity index (χ4v) is 1.77. The van der Waals surface area contributed by atoms with Crippen molar-refractivity contribution < 1.29 is 4.74 Å². The third kappa shape index (κ3) is 1.35. The number of nitrogens with two attached hydrogens (primary N) is 1. The van der Waals surface area contributed by atoms with Crippen LogP contribution < -0.4 is 5.73 Å². The standard InChI is InChI=1S/C8H10N2OS/c9-8(6-4-12-5-10-6)7-2-1-3-11-7/h2,4-5,8H,1,3,9H2. The second-order valence-electron chi connectivity index (χ2n) is 2.63. The number of ether oxygens (including phenoxy) is 1. The zero-order valence-corrected chi connectivity index (χ0v) is 7.38. The fraction of sp³-hybridized carbons (Fsp3) is 0.375. The molecule has 0 saturated carbocycles. The molecule has 0 aliphatic carbocycles. The monoisotopic (exact) mass is 182 g/mol. The molecule has 0 fully saturated rings. The molecular weight excluding hydrogens is 172 g/mol. The predicted molar refractivity (Wildman–Crippen MR) is 47.7 cm³/mol. The Hall–Kier alpha value is -0.870. The Morgan fingerprint density at radius 1 is 1.67 bits per heavy atom. The first-order valence-electron chi connectivity index (χ1n) is 3.84. The molecule has 1 atom stereocenters. The third-order valence-corrected chi connectivity index (χ3v) is 2.41. The summed E-state index contributed by atoms with van der Waals surface area (Å²) < 4.78 is 5.34. The number of thiazole rings is 1. The van der Waals surface area contributed by atoms with Crippen LogP contribution >= 0.6 is 11.3 Å². The minimum Gasteiger partial charge on any atom is -0.496 e. The molecule has 0 aromatic carbocycles. The van der Waals surface area contributed by atoms with E-state index in [4.69, 9.17) is 10.5 Å². The highest BCUT2D eigenvalue weighted by molar-refractivity contribution is 7.07. The highest BCUT2D eigenvalue weighted by Gasteiger charge is 2.17. The van der Waals surface area contributed by atoms with Crippen molar-refractivity contribution in [2.75, 3.05) is 6.61 Å². The molecule has 2 heterocycles. The van der Waals surface area contributed by atoms with E-state index in [2.05, 4.69) is 4.98 Å². The Bertz CT molecular complexity index is 281. The van der Waals surface area contributed by atoms with Gasteiger partial charge in [-0.25, -0.2) is 4.98 Å². The van der Waals surface area contributed by atoms with Crippen molar-refractivity contribution in [3.05, 3.63) is 28.4 Å². The van der Waals surface area contributed by atoms with Gasteiger partial charge >= 0.3 is 0 Å². The Kier molecular flexibility index (Phi) is 2.10. The largest absolute Gasteiger partial charge is 0.496 e. The van der Waals surface area contributed by atoms with Crippen molar-refractivity contribution in [2.45, 2.75) is 12.5 Å². The van der Waals surface area contributed by atoms with E-state index in [0.717, 1.165) is 24.5 Å². The number of rotatable bonds is 2. The lowest BCUT2D eigenvalue weighted by Crippen LogP contribution is -2.13. The van der Waals surface area contributed by atoms with Crippen LogP contribution in [0.3, 0.4) is 0 Å². The van der Waals surface area contributed by atoms with E-state index in [1.165, 1.54) is 0 Å². The third-order valence-electron chi connectivity index (χ3n) is 1.81. The lowest BCUT2D eigenvalue weighted by molar-refractivity contribution is 0.224. The molecule has 2 rings (SSSR count). The maximum Gasteiger partial charge on any atom is 0.115 e. The molecule has 4 heteroatoms. The lowest BCUT2D eigenvalue weighted by Gasteiger charge is -2.09. The minimum absolute atomic E-state index is 0.168. The maximum absolute atomic E-state index is 5.90. The molecule has 0 saturated heterocycles. The van der Waals surface area contributed by atoms with Crippen molar-refractivity contribution in [1.29, 1.82) is 0 Å². The zero-order chi connectivity index (χ0) is 8.39. The smallest absolute Gasteiger partial charge is 0.115 e. The van der Waals surface area contributed by atoms with Crippen LogP contribution in [0.5, 0.6) is 0 Å². The van der Waals surface area contributed by atoms with Gasteiger partial charge in [0.15, 0.2) is 0 Å². The summed E-state index contributed by atoms with van der Waals surface area (Å²) in [5.41, 5.74) is 8.57. The second-order valence-corrected chi connectivity index (χ2v) is 3.35. The van der Waals surface area contributed by atoms with Gasteiger partial charge in [-0.2, -0.15) is 0 Å². The van der Waals surface area contributed by atoms with E-state index >= 15 is 0 Å². The molecule has 1 aromatic rings. The molecule has 0 amide bonds. The van der Waals surface area contributed by atoms with Crippen LogP contribution in [0.15, 0.2) is 22.7 Å². The van der Waals surface area contributed by atoms with E-state index in [-0.39, 0.29) is 6.04 Å². The highest BCUT2D eigenvalue weighted by atomic mass is 32.1. The van der Waals surface area contributed by atoms with E-state index in [1.807, 2.05) is 11.5 Å². The number of aromatic nitrogens is 1. The Balaban J connectivity index is 2.14. The highest BCUT2D eigenvalue weighted by Crippen LogP contribution is 2.23. The average molecular weight is 182 g/mol. The first kappa shape index (κ1) is 7.76. The van der Waals surface area contributed by atoms with E-state index in [9.17, 15) is 0 Å². The molecule has 0 spiro atoms. The fourth-order valence-electron chi connectivity index (χ4n) is 1.17. The first-order valence-corrected chi connectivity index (χ1v) is 4.79. The molecule has 64 valence electrons. The minimum atomic E-state index is -0.168. The van der Waals surface area contributed by atoms with E-state index in [0.29, 0.717) is 0 Å². The van der Waals surface area contributed by atoms with Crippen LogP contribution in [0.2, 0.25) is 0 Å². The van der Waals surface area contributed by atoms with Crippen LogP contribution in [0.1, 0.15) is 18.2 Å². The van der Waals surface area contributed by atoms with E-state index < -0.39 is 0 Å². The predicted octanol–water partition coefficient (Wildman–Crippen LogP) is 1.45. The van der Waals surface area contributed by atoms with Gasteiger partial charge in [0, 0.05) is 11.8 Å². The normalized spacial score (nSPS) is 18.6. The SMILES string of the molecule is NC(C1=CCCO1)c1cscn1. The van der Waals surface area contributed by atoms with Crippen molar-refractivity contribution in [2.24, 2.45) is 5.73 Å². The molecule has 1 aliphatic rings. The van der Waals surface area contributed by atoms with Crippen molar-refractivity contribution in [1.82, 2.24) is 4.98 Å². The maximum atomic E-state index is 5.90. The average Bonchev–Trinajstić information content (AvgIpc) is 2.77. The Morgan fingerprint density at radius 3 is 3.17 bits per heavy atom. The van der Waals surface area contributed by atoms with E-state index in [1.54, 1.807) is 16.8 Å². The quantitative estimate of drug-likeness (QED) is 0.753. The summed E-state index contributed by atoms with van der Waals surface area (Å²) in [4.78, 5) is 4.13. The molecule has 1 unspecified atom stereocenters. The molecular formula is C8H10N2OS. The lowest BCUT2D eigenvalue weighted by atomic mass is 10.2. The molecule has 0 bridgehead atoms. The van der Waals surface area contributed by atoms with Gasteiger partial charge in [-0.05, 0) is 6.08 Å². The summed E-state index contributed by atoms with van der Waals surface area (Å²) in [5.74, 6) is 0.862. The van der Waals surface area contributed by atoms with Crippen molar-refractivity contribution >= 4 is 11.3 Å². The summed E-state index contributed by atoms with van der Waals surface area (Å²) in [6.45, 7) is 0.757. The van der Waals surface area contributed by atoms with Crippen LogP contribution in [0.4, 0.5) is 0 Å². The van der Waals surface area contributed by atoms with Gasteiger partial charge < -0.3 is 10.5 Å². The molecule has 0 radical (unpaired) electrons. The summed E-state index contributed by atoms with van der Waals surface area (Å²) in [6.07, 6.45) is 3.00. The Morgan fingerprint density at radius 2 is 2.58 bits per heavy atom. The van der Waals surface area contributed by atoms with Crippen LogP contribution in [0, 0.1) is 0 Å². The second kappa shape index (κ2) is 3.25. The summed E-state index contributed by atoms with van der Waals surface area (Å²) in [6, 6.07) is -0.168. The van der Waals surface area contributed by atoms with Gasteiger partial charge in [0.25, 0.3) is 0 Å². The molecule has 1 aliphatic heterocycles. The number of hydrogen-bond donors (Lipinski definition) is 1. The number of hydrogen-bond acceptors (Lipinski definition) is 4. The van der Waals surface area contributed by atoms with Gasteiger partial charge in [0.1, 0.15) is 11.8 Å².